The number of sulfone groups is 1. The lowest BCUT2D eigenvalue weighted by molar-refractivity contribution is -0.647. The molecule has 1 unspecified atom stereocenters. The van der Waals surface area contributed by atoms with Crippen LogP contribution >= 0.6 is 15.9 Å². The number of rotatable bonds is 3. The second kappa shape index (κ2) is 5.77. The van der Waals surface area contributed by atoms with E-state index in [-0.39, 0.29) is 5.03 Å². The standard InChI is InChI=1S/C15H16BrNO3S/c1-10-4-5-11(2)14(8-10)12(3)21(19,20)15-7-6-13(16)9-17(15)18/h4-9,12H,1-3H3. The zero-order valence-corrected chi connectivity index (χ0v) is 14.4. The van der Waals surface area contributed by atoms with Crippen LogP contribution in [0.2, 0.25) is 0 Å². The Kier molecular flexibility index (Phi) is 4.39. The first-order valence-corrected chi connectivity index (χ1v) is 8.77. The van der Waals surface area contributed by atoms with E-state index in [0.717, 1.165) is 16.7 Å². The summed E-state index contributed by atoms with van der Waals surface area (Å²) in [5.74, 6) is 0. The lowest BCUT2D eigenvalue weighted by Gasteiger charge is -2.15. The first kappa shape index (κ1) is 16.0. The van der Waals surface area contributed by atoms with Gasteiger partial charge in [0.1, 0.15) is 0 Å². The van der Waals surface area contributed by atoms with Crippen molar-refractivity contribution in [2.24, 2.45) is 0 Å². The lowest BCUT2D eigenvalue weighted by Crippen LogP contribution is -2.35. The van der Waals surface area contributed by atoms with E-state index in [2.05, 4.69) is 15.9 Å². The molecule has 0 aliphatic carbocycles. The SMILES string of the molecule is Cc1ccc(C)c(C(C)S(=O)(=O)c2ccc(Br)c[n+]2[O-])c1. The largest absolute Gasteiger partial charge is 0.618 e. The predicted molar refractivity (Wildman–Crippen MR) is 84.6 cm³/mol. The first-order valence-electron chi connectivity index (χ1n) is 6.43. The number of aromatic nitrogens is 1. The van der Waals surface area contributed by atoms with Crippen LogP contribution in [0, 0.1) is 19.1 Å². The van der Waals surface area contributed by atoms with E-state index in [4.69, 9.17) is 0 Å². The van der Waals surface area contributed by atoms with Crippen molar-refractivity contribution >= 4 is 25.8 Å². The molecule has 0 aliphatic rings. The summed E-state index contributed by atoms with van der Waals surface area (Å²) in [5.41, 5.74) is 2.60. The first-order chi connectivity index (χ1) is 9.73. The normalized spacial score (nSPS) is 13.1. The minimum atomic E-state index is -3.75. The number of benzene rings is 1. The molecular formula is C15H16BrNO3S. The number of hydrogen-bond donors (Lipinski definition) is 0. The third-order valence-corrected chi connectivity index (χ3v) is 6.03. The van der Waals surface area contributed by atoms with Gasteiger partial charge >= 0.3 is 5.03 Å². The van der Waals surface area contributed by atoms with Gasteiger partial charge in [0.25, 0.3) is 0 Å². The summed E-state index contributed by atoms with van der Waals surface area (Å²) in [7, 11) is -3.75. The third-order valence-electron chi connectivity index (χ3n) is 3.47. The third kappa shape index (κ3) is 3.11. The average molecular weight is 370 g/mol. The lowest BCUT2D eigenvalue weighted by atomic mass is 10.0. The van der Waals surface area contributed by atoms with Gasteiger partial charge in [-0.3, -0.25) is 0 Å². The fourth-order valence-corrected chi connectivity index (χ4v) is 4.04. The van der Waals surface area contributed by atoms with Crippen LogP contribution in [0.5, 0.6) is 0 Å². The molecular weight excluding hydrogens is 354 g/mol. The van der Waals surface area contributed by atoms with Crippen molar-refractivity contribution in [3.63, 3.8) is 0 Å². The van der Waals surface area contributed by atoms with E-state index in [1.807, 2.05) is 32.0 Å². The van der Waals surface area contributed by atoms with E-state index in [0.29, 0.717) is 9.20 Å². The zero-order chi connectivity index (χ0) is 15.8. The minimum absolute atomic E-state index is 0.237. The summed E-state index contributed by atoms with van der Waals surface area (Å²) in [6.45, 7) is 5.39. The van der Waals surface area contributed by atoms with E-state index < -0.39 is 15.1 Å². The van der Waals surface area contributed by atoms with Gasteiger partial charge in [0.2, 0.25) is 9.84 Å². The van der Waals surface area contributed by atoms with Crippen molar-refractivity contribution in [2.75, 3.05) is 0 Å². The van der Waals surface area contributed by atoms with Crippen molar-refractivity contribution in [1.82, 2.24) is 0 Å². The van der Waals surface area contributed by atoms with Crippen LogP contribution in [0.1, 0.15) is 28.9 Å². The highest BCUT2D eigenvalue weighted by atomic mass is 79.9. The molecule has 6 heteroatoms. The smallest absolute Gasteiger partial charge is 0.309 e. The molecule has 0 aliphatic heterocycles. The van der Waals surface area contributed by atoms with Crippen LogP contribution in [0.25, 0.3) is 0 Å². The Bertz CT molecular complexity index is 788. The summed E-state index contributed by atoms with van der Waals surface area (Å²) in [6.07, 6.45) is 1.20. The molecule has 0 spiro atoms. The molecule has 0 amide bonds. The molecule has 0 radical (unpaired) electrons. The summed E-state index contributed by atoms with van der Waals surface area (Å²) in [6, 6.07) is 8.56. The van der Waals surface area contributed by atoms with Crippen LogP contribution in [0.15, 0.2) is 46.0 Å². The van der Waals surface area contributed by atoms with Crippen LogP contribution in [0.4, 0.5) is 0 Å². The summed E-state index contributed by atoms with van der Waals surface area (Å²) >= 11 is 3.15. The number of halogens is 1. The minimum Gasteiger partial charge on any atom is -0.618 e. The molecule has 112 valence electrons. The molecule has 2 rings (SSSR count). The second-order valence-corrected chi connectivity index (χ2v) is 8.19. The van der Waals surface area contributed by atoms with Gasteiger partial charge in [0.15, 0.2) is 6.20 Å². The average Bonchev–Trinajstić information content (AvgIpc) is 2.40. The highest BCUT2D eigenvalue weighted by Gasteiger charge is 2.32. The fraction of sp³-hybridized carbons (Fsp3) is 0.267. The Balaban J connectivity index is 2.55. The summed E-state index contributed by atoms with van der Waals surface area (Å²) in [4.78, 5) is 0. The van der Waals surface area contributed by atoms with Gasteiger partial charge in [-0.05, 0) is 53.9 Å². The maximum absolute atomic E-state index is 12.7. The van der Waals surface area contributed by atoms with Crippen LogP contribution in [0.3, 0.4) is 0 Å². The Morgan fingerprint density at radius 1 is 1.19 bits per heavy atom. The van der Waals surface area contributed by atoms with Crippen molar-refractivity contribution in [3.8, 4) is 0 Å². The van der Waals surface area contributed by atoms with Gasteiger partial charge in [0.05, 0.1) is 9.72 Å². The second-order valence-electron chi connectivity index (χ2n) is 5.06. The van der Waals surface area contributed by atoms with E-state index in [1.165, 1.54) is 12.3 Å². The molecule has 4 nitrogen and oxygen atoms in total. The van der Waals surface area contributed by atoms with Crippen molar-refractivity contribution in [1.29, 1.82) is 0 Å². The van der Waals surface area contributed by atoms with Gasteiger partial charge in [-0.1, -0.05) is 23.8 Å². The highest BCUT2D eigenvalue weighted by molar-refractivity contribution is 9.10. The molecule has 1 heterocycles. The highest BCUT2D eigenvalue weighted by Crippen LogP contribution is 2.30. The Hall–Kier alpha value is -1.40. The maximum atomic E-state index is 12.7. The molecule has 0 fully saturated rings. The number of pyridine rings is 1. The maximum Gasteiger partial charge on any atom is 0.309 e. The molecule has 0 saturated carbocycles. The van der Waals surface area contributed by atoms with Crippen LogP contribution in [-0.2, 0) is 9.84 Å². The molecule has 2 aromatic rings. The van der Waals surface area contributed by atoms with Gasteiger partial charge in [-0.15, -0.1) is 0 Å². The van der Waals surface area contributed by atoms with Crippen molar-refractivity contribution in [2.45, 2.75) is 31.0 Å². The molecule has 0 N–H and O–H groups in total. The van der Waals surface area contributed by atoms with E-state index in [9.17, 15) is 13.6 Å². The fourth-order valence-electron chi connectivity index (χ4n) is 2.21. The molecule has 21 heavy (non-hydrogen) atoms. The Labute approximate surface area is 133 Å². The van der Waals surface area contributed by atoms with E-state index >= 15 is 0 Å². The van der Waals surface area contributed by atoms with E-state index in [1.54, 1.807) is 13.0 Å². The monoisotopic (exact) mass is 369 g/mol. The summed E-state index contributed by atoms with van der Waals surface area (Å²) < 4.78 is 26.3. The molecule has 1 aromatic heterocycles. The van der Waals surface area contributed by atoms with Gasteiger partial charge in [-0.25, -0.2) is 8.42 Å². The number of aryl methyl sites for hydroxylation is 2. The number of nitrogens with zero attached hydrogens (tertiary/aromatic N) is 1. The molecule has 1 aromatic carbocycles. The topological polar surface area (TPSA) is 61.1 Å². The molecule has 0 saturated heterocycles. The molecule has 0 bridgehead atoms. The van der Waals surface area contributed by atoms with Gasteiger partial charge < -0.3 is 5.21 Å². The van der Waals surface area contributed by atoms with Gasteiger partial charge in [-0.2, -0.15) is 4.73 Å². The van der Waals surface area contributed by atoms with Crippen molar-refractivity contribution < 1.29 is 13.1 Å². The number of hydrogen-bond acceptors (Lipinski definition) is 3. The summed E-state index contributed by atoms with van der Waals surface area (Å²) in [5, 5.41) is 10.9. The van der Waals surface area contributed by atoms with Crippen LogP contribution < -0.4 is 4.73 Å². The van der Waals surface area contributed by atoms with Crippen molar-refractivity contribution in [3.05, 3.63) is 62.9 Å². The zero-order valence-electron chi connectivity index (χ0n) is 12.0. The van der Waals surface area contributed by atoms with Gasteiger partial charge in [0, 0.05) is 6.07 Å². The Morgan fingerprint density at radius 2 is 1.86 bits per heavy atom. The van der Waals surface area contributed by atoms with Crippen LogP contribution in [-0.4, -0.2) is 8.42 Å². The quantitative estimate of drug-likeness (QED) is 0.616. The predicted octanol–water partition coefficient (Wildman–Crippen LogP) is 3.23. The molecule has 1 atom stereocenters. The Morgan fingerprint density at radius 3 is 2.48 bits per heavy atom.